The van der Waals surface area contributed by atoms with E-state index in [-0.39, 0.29) is 24.5 Å². The lowest BCUT2D eigenvalue weighted by atomic mass is 9.95. The first kappa shape index (κ1) is 18.1. The molecule has 3 rings (SSSR count). The van der Waals surface area contributed by atoms with E-state index in [2.05, 4.69) is 0 Å². The first-order chi connectivity index (χ1) is 11.2. The molecule has 5 heteroatoms. The van der Waals surface area contributed by atoms with Gasteiger partial charge in [0.15, 0.2) is 0 Å². The third-order valence-electron chi connectivity index (χ3n) is 4.26. The highest BCUT2D eigenvalue weighted by molar-refractivity contribution is 5.85. The number of piperidine rings is 1. The number of hydrogen-bond donors (Lipinski definition) is 1. The summed E-state index contributed by atoms with van der Waals surface area (Å²) in [5.41, 5.74) is 8.62. The zero-order valence-electron chi connectivity index (χ0n) is 13.6. The molecule has 1 fully saturated rings. The zero-order chi connectivity index (χ0) is 16.1. The minimum atomic E-state index is -0.240. The first-order valence-corrected chi connectivity index (χ1v) is 8.07. The molecule has 0 aliphatic carbocycles. The number of amides is 1. The van der Waals surface area contributed by atoms with Crippen LogP contribution in [0.15, 0.2) is 54.6 Å². The second kappa shape index (κ2) is 8.60. The molecule has 1 unspecified atom stereocenters. The normalized spacial score (nSPS) is 17.0. The van der Waals surface area contributed by atoms with Gasteiger partial charge in [-0.15, -0.1) is 12.4 Å². The van der Waals surface area contributed by atoms with E-state index in [0.717, 1.165) is 42.6 Å². The van der Waals surface area contributed by atoms with Crippen LogP contribution in [0.4, 0.5) is 10.5 Å². The lowest BCUT2D eigenvalue weighted by Gasteiger charge is -2.35. The molecule has 1 aliphatic heterocycles. The number of nitrogens with zero attached hydrogens (tertiary/aromatic N) is 1. The van der Waals surface area contributed by atoms with Gasteiger partial charge in [-0.3, -0.25) is 0 Å². The fourth-order valence-corrected chi connectivity index (χ4v) is 3.02. The average molecular weight is 347 g/mol. The number of rotatable bonds is 3. The molecule has 2 aromatic carbocycles. The standard InChI is InChI=1S/C19H22N2O2.ClH/c20-17-11-9-16(10-12-17)18-8-4-5-13-21(18)19(22)23-14-15-6-2-1-3-7-15;/h1-3,6-7,9-12,18H,4-5,8,13-14,20H2;1H. The molecule has 0 aromatic heterocycles. The molecule has 1 amide bonds. The van der Waals surface area contributed by atoms with Crippen LogP contribution in [0.1, 0.15) is 36.4 Å². The molecule has 0 spiro atoms. The van der Waals surface area contributed by atoms with Gasteiger partial charge in [0, 0.05) is 12.2 Å². The van der Waals surface area contributed by atoms with Crippen molar-refractivity contribution in [2.75, 3.05) is 12.3 Å². The number of halogens is 1. The highest BCUT2D eigenvalue weighted by Gasteiger charge is 2.29. The van der Waals surface area contributed by atoms with E-state index < -0.39 is 0 Å². The topological polar surface area (TPSA) is 55.6 Å². The molecular formula is C19H23ClN2O2. The number of nitrogen functional groups attached to an aromatic ring is 1. The Kier molecular flexibility index (Phi) is 6.50. The van der Waals surface area contributed by atoms with Gasteiger partial charge in [-0.25, -0.2) is 4.79 Å². The summed E-state index contributed by atoms with van der Waals surface area (Å²) in [4.78, 5) is 14.3. The van der Waals surface area contributed by atoms with E-state index in [4.69, 9.17) is 10.5 Å². The fourth-order valence-electron chi connectivity index (χ4n) is 3.02. The quantitative estimate of drug-likeness (QED) is 0.829. The van der Waals surface area contributed by atoms with Gasteiger partial charge in [-0.2, -0.15) is 0 Å². The molecule has 4 nitrogen and oxygen atoms in total. The van der Waals surface area contributed by atoms with Crippen molar-refractivity contribution in [1.82, 2.24) is 4.90 Å². The minimum Gasteiger partial charge on any atom is -0.445 e. The Balaban J connectivity index is 0.00000208. The summed E-state index contributed by atoms with van der Waals surface area (Å²) in [5.74, 6) is 0. The predicted molar refractivity (Wildman–Crippen MR) is 98.0 cm³/mol. The number of carbonyl (C=O) groups excluding carboxylic acids is 1. The van der Waals surface area contributed by atoms with Crippen LogP contribution in [0.2, 0.25) is 0 Å². The van der Waals surface area contributed by atoms with E-state index in [1.165, 1.54) is 0 Å². The van der Waals surface area contributed by atoms with Crippen molar-refractivity contribution in [2.45, 2.75) is 31.9 Å². The molecule has 1 heterocycles. The smallest absolute Gasteiger partial charge is 0.410 e. The minimum absolute atomic E-state index is 0. The fraction of sp³-hybridized carbons (Fsp3) is 0.316. The third-order valence-corrected chi connectivity index (χ3v) is 4.26. The molecule has 2 aromatic rings. The molecule has 1 atom stereocenters. The van der Waals surface area contributed by atoms with Crippen molar-refractivity contribution in [1.29, 1.82) is 0 Å². The zero-order valence-corrected chi connectivity index (χ0v) is 14.4. The lowest BCUT2D eigenvalue weighted by Crippen LogP contribution is -2.38. The van der Waals surface area contributed by atoms with Gasteiger partial charge in [0.05, 0.1) is 6.04 Å². The Labute approximate surface area is 149 Å². The van der Waals surface area contributed by atoms with Crippen molar-refractivity contribution >= 4 is 24.2 Å². The molecule has 24 heavy (non-hydrogen) atoms. The van der Waals surface area contributed by atoms with Gasteiger partial charge < -0.3 is 15.4 Å². The Bertz CT molecular complexity index is 646. The van der Waals surface area contributed by atoms with Gasteiger partial charge >= 0.3 is 6.09 Å². The van der Waals surface area contributed by atoms with Crippen molar-refractivity contribution < 1.29 is 9.53 Å². The van der Waals surface area contributed by atoms with E-state index in [9.17, 15) is 4.79 Å². The number of benzene rings is 2. The Morgan fingerprint density at radius 1 is 1.08 bits per heavy atom. The monoisotopic (exact) mass is 346 g/mol. The Hall–Kier alpha value is -2.20. The molecule has 1 saturated heterocycles. The van der Waals surface area contributed by atoms with Crippen LogP contribution < -0.4 is 5.73 Å². The summed E-state index contributed by atoms with van der Waals surface area (Å²) in [6.45, 7) is 1.05. The summed E-state index contributed by atoms with van der Waals surface area (Å²) in [6.07, 6.45) is 2.86. The second-order valence-corrected chi connectivity index (χ2v) is 5.91. The molecule has 0 saturated carbocycles. The maximum absolute atomic E-state index is 12.5. The van der Waals surface area contributed by atoms with Crippen LogP contribution in [-0.4, -0.2) is 17.5 Å². The van der Waals surface area contributed by atoms with Crippen LogP contribution >= 0.6 is 12.4 Å². The van der Waals surface area contributed by atoms with Crippen LogP contribution in [0.3, 0.4) is 0 Å². The van der Waals surface area contributed by atoms with Crippen LogP contribution in [-0.2, 0) is 11.3 Å². The van der Waals surface area contributed by atoms with Gasteiger partial charge in [-0.1, -0.05) is 42.5 Å². The van der Waals surface area contributed by atoms with E-state index in [1.807, 2.05) is 59.5 Å². The third kappa shape index (κ3) is 4.42. The van der Waals surface area contributed by atoms with Gasteiger partial charge in [-0.05, 0) is 42.5 Å². The van der Waals surface area contributed by atoms with Crippen molar-refractivity contribution in [3.63, 3.8) is 0 Å². The number of ether oxygens (including phenoxy) is 1. The number of nitrogens with two attached hydrogens (primary N) is 1. The molecule has 2 N–H and O–H groups in total. The van der Waals surface area contributed by atoms with E-state index in [1.54, 1.807) is 0 Å². The van der Waals surface area contributed by atoms with Crippen molar-refractivity contribution in [2.24, 2.45) is 0 Å². The first-order valence-electron chi connectivity index (χ1n) is 8.07. The van der Waals surface area contributed by atoms with Crippen LogP contribution in [0.25, 0.3) is 0 Å². The number of hydrogen-bond acceptors (Lipinski definition) is 3. The largest absolute Gasteiger partial charge is 0.445 e. The van der Waals surface area contributed by atoms with E-state index in [0.29, 0.717) is 6.61 Å². The Morgan fingerprint density at radius 2 is 1.79 bits per heavy atom. The summed E-state index contributed by atoms with van der Waals surface area (Å²) >= 11 is 0. The molecule has 1 aliphatic rings. The predicted octanol–water partition coefficient (Wildman–Crippen LogP) is 4.55. The molecule has 128 valence electrons. The van der Waals surface area contributed by atoms with Gasteiger partial charge in [0.1, 0.15) is 6.61 Å². The SMILES string of the molecule is Cl.Nc1ccc(C2CCCCN2C(=O)OCc2ccccc2)cc1. The molecule has 0 radical (unpaired) electrons. The number of likely N-dealkylation sites (tertiary alicyclic amines) is 1. The number of carbonyl (C=O) groups is 1. The van der Waals surface area contributed by atoms with Crippen LogP contribution in [0, 0.1) is 0 Å². The lowest BCUT2D eigenvalue weighted by molar-refractivity contribution is 0.0679. The van der Waals surface area contributed by atoms with Gasteiger partial charge in [0.2, 0.25) is 0 Å². The number of anilines is 1. The average Bonchev–Trinajstić information content (AvgIpc) is 2.61. The van der Waals surface area contributed by atoms with Crippen molar-refractivity contribution in [3.8, 4) is 0 Å². The summed E-state index contributed by atoms with van der Waals surface area (Å²) in [7, 11) is 0. The summed E-state index contributed by atoms with van der Waals surface area (Å²) in [5, 5.41) is 0. The van der Waals surface area contributed by atoms with Crippen molar-refractivity contribution in [3.05, 3.63) is 65.7 Å². The van der Waals surface area contributed by atoms with E-state index >= 15 is 0 Å². The molecule has 0 bridgehead atoms. The van der Waals surface area contributed by atoms with Gasteiger partial charge in [0.25, 0.3) is 0 Å². The van der Waals surface area contributed by atoms with Crippen LogP contribution in [0.5, 0.6) is 0 Å². The highest BCUT2D eigenvalue weighted by Crippen LogP contribution is 2.31. The maximum Gasteiger partial charge on any atom is 0.410 e. The summed E-state index contributed by atoms with van der Waals surface area (Å²) in [6, 6.07) is 17.6. The maximum atomic E-state index is 12.5. The molecular weight excluding hydrogens is 324 g/mol. The Morgan fingerprint density at radius 3 is 2.50 bits per heavy atom. The highest BCUT2D eigenvalue weighted by atomic mass is 35.5. The summed E-state index contributed by atoms with van der Waals surface area (Å²) < 4.78 is 5.51. The second-order valence-electron chi connectivity index (χ2n) is 5.91.